The van der Waals surface area contributed by atoms with E-state index in [-0.39, 0.29) is 28.8 Å². The summed E-state index contributed by atoms with van der Waals surface area (Å²) in [6, 6.07) is -0.694. The van der Waals surface area contributed by atoms with Crippen LogP contribution in [0.25, 0.3) is 22.3 Å². The lowest BCUT2D eigenvalue weighted by molar-refractivity contribution is -0.0641. The van der Waals surface area contributed by atoms with Crippen molar-refractivity contribution in [2.24, 2.45) is 11.3 Å². The second-order valence-electron chi connectivity index (χ2n) is 11.4. The number of anilines is 2. The molecule has 6 heterocycles. The molecular formula is C22H27N11O11P2. The fourth-order valence-corrected chi connectivity index (χ4v) is 8.86. The van der Waals surface area contributed by atoms with Gasteiger partial charge in [-0.1, -0.05) is 5.21 Å². The van der Waals surface area contributed by atoms with E-state index in [2.05, 4.69) is 35.2 Å². The smallest absolute Gasteiger partial charge is 0.388 e. The number of hydrogen-bond acceptors (Lipinski definition) is 18. The van der Waals surface area contributed by atoms with Crippen molar-refractivity contribution in [1.29, 1.82) is 0 Å². The first-order valence-corrected chi connectivity index (χ1v) is 16.6. The Morgan fingerprint density at radius 2 is 2.07 bits per heavy atom. The molecule has 4 fully saturated rings. The number of aliphatic hydroxyl groups is 1. The molecule has 2 bridgehead atoms. The van der Waals surface area contributed by atoms with Crippen LogP contribution < -0.4 is 17.0 Å². The van der Waals surface area contributed by atoms with Crippen molar-refractivity contribution < 1.29 is 46.7 Å². The zero-order chi connectivity index (χ0) is 32.1. The lowest BCUT2D eigenvalue weighted by atomic mass is 10.0. The summed E-state index contributed by atoms with van der Waals surface area (Å²) in [6.45, 7) is -0.821. The number of nitrogens with one attached hydrogen (secondary N) is 1. The Hall–Kier alpha value is -3.43. The fraction of sp³-hybridized carbons (Fsp3) is 0.591. The highest BCUT2D eigenvalue weighted by Crippen LogP contribution is 2.71. The number of nitrogens with zero attached hydrogens (tertiary/aromatic N) is 8. The van der Waals surface area contributed by atoms with Crippen LogP contribution >= 0.6 is 16.1 Å². The molecule has 4 aromatic heterocycles. The van der Waals surface area contributed by atoms with Gasteiger partial charge in [0, 0.05) is 12.5 Å². The van der Waals surface area contributed by atoms with Crippen LogP contribution in [0.5, 0.6) is 0 Å². The van der Waals surface area contributed by atoms with Crippen molar-refractivity contribution >= 4 is 50.2 Å². The second kappa shape index (κ2) is 10.5. The predicted molar refractivity (Wildman–Crippen MR) is 151 cm³/mol. The molecule has 3 unspecified atom stereocenters. The summed E-state index contributed by atoms with van der Waals surface area (Å²) in [7, 11) is -6.95. The van der Waals surface area contributed by atoms with Gasteiger partial charge in [0.15, 0.2) is 28.9 Å². The van der Waals surface area contributed by atoms with Crippen LogP contribution in [0, 0.1) is 11.3 Å². The number of phosphoric acid groups is 1. The quantitative estimate of drug-likeness (QED) is 0.156. The molecule has 4 aromatic rings. The number of fused-ring (bicyclic) bond motifs is 4. The third-order valence-electron chi connectivity index (χ3n) is 9.02. The van der Waals surface area contributed by atoms with E-state index in [0.29, 0.717) is 17.6 Å². The average molecular weight is 683 g/mol. The van der Waals surface area contributed by atoms with E-state index in [0.717, 1.165) is 4.68 Å². The Kier molecular flexibility index (Phi) is 6.86. The highest BCUT2D eigenvalue weighted by Gasteiger charge is 2.73. The molecule has 11 atom stereocenters. The van der Waals surface area contributed by atoms with E-state index in [4.69, 9.17) is 39.0 Å². The molecule has 246 valence electrons. The van der Waals surface area contributed by atoms with Crippen LogP contribution in [-0.2, 0) is 36.7 Å². The molecule has 2 saturated carbocycles. The number of methoxy groups -OCH3 is 1. The van der Waals surface area contributed by atoms with E-state index in [1.807, 2.05) is 0 Å². The Morgan fingerprint density at radius 3 is 2.87 bits per heavy atom. The van der Waals surface area contributed by atoms with Crippen molar-refractivity contribution in [3.05, 3.63) is 23.0 Å². The van der Waals surface area contributed by atoms with Gasteiger partial charge in [0.2, 0.25) is 5.95 Å². The zero-order valence-electron chi connectivity index (χ0n) is 23.6. The number of aromatic amines is 1. The van der Waals surface area contributed by atoms with Crippen LogP contribution in [0.15, 0.2) is 17.4 Å². The number of aromatic nitrogens is 9. The molecule has 2 aliphatic carbocycles. The summed E-state index contributed by atoms with van der Waals surface area (Å²) < 4.78 is 63.7. The van der Waals surface area contributed by atoms with Gasteiger partial charge in [0.05, 0.1) is 25.6 Å². The van der Waals surface area contributed by atoms with Crippen molar-refractivity contribution in [2.45, 2.75) is 49.2 Å². The normalized spacial score (nSPS) is 39.4. The van der Waals surface area contributed by atoms with Crippen molar-refractivity contribution in [3.8, 4) is 0 Å². The van der Waals surface area contributed by atoms with Gasteiger partial charge >= 0.3 is 16.1 Å². The zero-order valence-corrected chi connectivity index (χ0v) is 25.5. The second-order valence-corrected chi connectivity index (χ2v) is 13.9. The molecule has 2 aliphatic heterocycles. The van der Waals surface area contributed by atoms with Gasteiger partial charge in [-0.15, -0.1) is 5.10 Å². The molecule has 0 aromatic carbocycles. The Bertz CT molecular complexity index is 1990. The molecule has 24 heteroatoms. The molecule has 2 saturated heterocycles. The van der Waals surface area contributed by atoms with E-state index in [1.54, 1.807) is 4.57 Å². The van der Waals surface area contributed by atoms with Crippen molar-refractivity contribution in [3.63, 3.8) is 0 Å². The highest BCUT2D eigenvalue weighted by molar-refractivity contribution is 7.47. The maximum atomic E-state index is 13.5. The van der Waals surface area contributed by atoms with Crippen LogP contribution in [0.4, 0.5) is 11.8 Å². The summed E-state index contributed by atoms with van der Waals surface area (Å²) in [5, 5.41) is 19.3. The standard InChI is InChI=1S/C22H27N11O11P2/c1-39-13-8-3-40-45(36)43-15-12(34)11(32-6-27-9-16(23)25-5-26-17(9)32)7-2-22(7,15)4-41-46(37,38)44-14(13)20(42-8)33-18-10(30-31-33)19(35)29-21(24)28-18/h5-8,11-15,20,34,45H,2-4H2,1H3,(H,37,38)(H2,23,25,26)(H3,24,28,29,35)/t7-,8-,11-,12+,13-,14-,15+,20-,22?/m1/s1. The molecule has 7 N–H and O–H groups in total. The maximum absolute atomic E-state index is 13.5. The van der Waals surface area contributed by atoms with Gasteiger partial charge in [-0.3, -0.25) is 23.4 Å². The lowest BCUT2D eigenvalue weighted by Crippen LogP contribution is -2.37. The molecular weight excluding hydrogens is 656 g/mol. The molecule has 0 radical (unpaired) electrons. The van der Waals surface area contributed by atoms with Crippen molar-refractivity contribution in [2.75, 3.05) is 31.8 Å². The number of aliphatic hydroxyl groups excluding tert-OH is 1. The van der Waals surface area contributed by atoms with E-state index in [9.17, 15) is 23.9 Å². The highest BCUT2D eigenvalue weighted by atomic mass is 31.2. The largest absolute Gasteiger partial charge is 0.472 e. The number of ether oxygens (including phenoxy) is 2. The number of nitrogens with two attached hydrogens (primary N) is 2. The summed E-state index contributed by atoms with van der Waals surface area (Å²) in [5.41, 5.74) is 10.3. The molecule has 22 nitrogen and oxygen atoms in total. The number of rotatable bonds is 3. The monoisotopic (exact) mass is 683 g/mol. The Morgan fingerprint density at radius 1 is 1.24 bits per heavy atom. The van der Waals surface area contributed by atoms with Gasteiger partial charge in [0.25, 0.3) is 5.56 Å². The summed E-state index contributed by atoms with van der Waals surface area (Å²) >= 11 is 0. The van der Waals surface area contributed by atoms with E-state index in [1.165, 1.54) is 19.8 Å². The van der Waals surface area contributed by atoms with Crippen LogP contribution in [-0.4, -0.2) is 105 Å². The first-order valence-electron chi connectivity index (χ1n) is 13.9. The minimum Gasteiger partial charge on any atom is -0.388 e. The van der Waals surface area contributed by atoms with Gasteiger partial charge in [0.1, 0.15) is 42.4 Å². The van der Waals surface area contributed by atoms with Gasteiger partial charge < -0.3 is 44.6 Å². The Labute approximate surface area is 256 Å². The fourth-order valence-electron chi connectivity index (χ4n) is 6.92. The summed E-state index contributed by atoms with van der Waals surface area (Å²) in [5.74, 6) is -0.468. The van der Waals surface area contributed by atoms with Gasteiger partial charge in [-0.25, -0.2) is 19.5 Å². The number of nitrogen functional groups attached to an aromatic ring is 2. The van der Waals surface area contributed by atoms with Gasteiger partial charge in [-0.05, 0) is 12.3 Å². The maximum Gasteiger partial charge on any atom is 0.472 e. The van der Waals surface area contributed by atoms with E-state index < -0.39 is 83.1 Å². The third kappa shape index (κ3) is 4.52. The summed E-state index contributed by atoms with van der Waals surface area (Å²) in [6.07, 6.45) is -4.25. The van der Waals surface area contributed by atoms with Crippen LogP contribution in [0.3, 0.4) is 0 Å². The molecule has 8 rings (SSSR count). The minimum absolute atomic E-state index is 0.101. The first-order chi connectivity index (χ1) is 22.0. The third-order valence-corrected chi connectivity index (χ3v) is 10.8. The summed E-state index contributed by atoms with van der Waals surface area (Å²) in [4.78, 5) is 42.2. The predicted octanol–water partition coefficient (Wildman–Crippen LogP) is -1.34. The first kappa shape index (κ1) is 29.9. The van der Waals surface area contributed by atoms with Crippen molar-refractivity contribution in [1.82, 2.24) is 44.5 Å². The molecule has 46 heavy (non-hydrogen) atoms. The molecule has 1 spiro atoms. The molecule has 4 aliphatic rings. The van der Waals surface area contributed by atoms with Crippen LogP contribution in [0.2, 0.25) is 0 Å². The Balaban J connectivity index is 1.13. The van der Waals surface area contributed by atoms with E-state index >= 15 is 0 Å². The molecule has 0 amide bonds. The number of phosphoric ester groups is 1. The van der Waals surface area contributed by atoms with Gasteiger partial charge in [-0.2, -0.15) is 9.67 Å². The SMILES string of the molecule is CO[C@H]1[C@H]2OP(=O)(O)OCC34C[C@@H]3[C@@H](n3cnc5c(N)ncnc53)[C@H](O)[C@@H]4O[PH](=O)OC[C@H]1O[C@H]2n1nnc2c(=O)[nH]c(N)nc21. The lowest BCUT2D eigenvalue weighted by Gasteiger charge is -2.29. The number of imidazole rings is 1. The topological polar surface area (TPSA) is 302 Å². The number of H-pyrrole nitrogens is 1. The minimum atomic E-state index is -4.93. The number of hydrogen-bond donors (Lipinski definition) is 5. The van der Waals surface area contributed by atoms with Crippen LogP contribution in [0.1, 0.15) is 18.7 Å². The average Bonchev–Trinajstić information content (AvgIpc) is 3.31.